The second-order valence-corrected chi connectivity index (χ2v) is 3.77. The predicted octanol–water partition coefficient (Wildman–Crippen LogP) is 3.92. The van der Waals surface area contributed by atoms with Crippen LogP contribution in [0.3, 0.4) is 0 Å². The molecule has 1 aromatic rings. The van der Waals surface area contributed by atoms with Crippen LogP contribution in [0.1, 0.15) is 42.1 Å². The minimum absolute atomic E-state index is 0.103. The Hall–Kier alpha value is -1.37. The number of allylic oxidation sites excluding steroid dienone is 2. The van der Waals surface area contributed by atoms with Crippen LogP contribution in [0.5, 0.6) is 0 Å². The molecule has 0 spiro atoms. The Labute approximate surface area is 91.8 Å². The summed E-state index contributed by atoms with van der Waals surface area (Å²) < 4.78 is 0. The third-order valence-electron chi connectivity index (χ3n) is 2.33. The topological polar surface area (TPSA) is 17.1 Å². The number of rotatable bonds is 5. The Morgan fingerprint density at radius 3 is 2.53 bits per heavy atom. The molecule has 0 bridgehead atoms. The molecule has 1 heteroatoms. The number of carbonyl (C=O) groups is 1. The zero-order chi connectivity index (χ0) is 11.1. The first kappa shape index (κ1) is 11.7. The third kappa shape index (κ3) is 4.11. The van der Waals surface area contributed by atoms with E-state index in [1.807, 2.05) is 37.3 Å². The van der Waals surface area contributed by atoms with Crippen LogP contribution in [0, 0.1) is 6.92 Å². The standard InChI is InChI=1S/C14H18O/c1-3-4-5-6-7-14(15)13-10-8-12(2)9-11-13/h6-11H,3-5H2,1-2H3. The smallest absolute Gasteiger partial charge is 0.185 e. The van der Waals surface area contributed by atoms with Gasteiger partial charge in [0.25, 0.3) is 0 Å². The molecule has 1 aromatic carbocycles. The predicted molar refractivity (Wildman–Crippen MR) is 64.2 cm³/mol. The molecule has 0 aliphatic rings. The van der Waals surface area contributed by atoms with E-state index in [4.69, 9.17) is 0 Å². The van der Waals surface area contributed by atoms with Crippen molar-refractivity contribution in [2.45, 2.75) is 33.1 Å². The lowest BCUT2D eigenvalue weighted by atomic mass is 10.1. The normalized spacial score (nSPS) is 10.8. The number of hydrogen-bond acceptors (Lipinski definition) is 1. The molecule has 0 aromatic heterocycles. The van der Waals surface area contributed by atoms with Gasteiger partial charge in [-0.15, -0.1) is 0 Å². The lowest BCUT2D eigenvalue weighted by Gasteiger charge is -1.96. The third-order valence-corrected chi connectivity index (χ3v) is 2.33. The van der Waals surface area contributed by atoms with Gasteiger partial charge in [-0.2, -0.15) is 0 Å². The van der Waals surface area contributed by atoms with Gasteiger partial charge in [-0.25, -0.2) is 0 Å². The van der Waals surface area contributed by atoms with Crippen LogP contribution in [-0.4, -0.2) is 5.78 Å². The quantitative estimate of drug-likeness (QED) is 0.402. The zero-order valence-electron chi connectivity index (χ0n) is 9.49. The van der Waals surface area contributed by atoms with E-state index >= 15 is 0 Å². The summed E-state index contributed by atoms with van der Waals surface area (Å²) in [5.41, 5.74) is 1.95. The average Bonchev–Trinajstić information content (AvgIpc) is 2.25. The fourth-order valence-corrected chi connectivity index (χ4v) is 1.33. The lowest BCUT2D eigenvalue weighted by Crippen LogP contribution is -1.93. The molecule has 0 heterocycles. The van der Waals surface area contributed by atoms with E-state index in [1.54, 1.807) is 6.08 Å². The van der Waals surface area contributed by atoms with Crippen LogP contribution in [-0.2, 0) is 0 Å². The minimum atomic E-state index is 0.103. The van der Waals surface area contributed by atoms with Gasteiger partial charge in [-0.3, -0.25) is 4.79 Å². The summed E-state index contributed by atoms with van der Waals surface area (Å²) in [6, 6.07) is 7.68. The molecule has 0 aliphatic heterocycles. The van der Waals surface area contributed by atoms with Gasteiger partial charge in [-0.1, -0.05) is 55.7 Å². The Morgan fingerprint density at radius 2 is 1.93 bits per heavy atom. The fourth-order valence-electron chi connectivity index (χ4n) is 1.33. The minimum Gasteiger partial charge on any atom is -0.289 e. The van der Waals surface area contributed by atoms with E-state index in [9.17, 15) is 4.79 Å². The van der Waals surface area contributed by atoms with Gasteiger partial charge >= 0.3 is 0 Å². The maximum Gasteiger partial charge on any atom is 0.185 e. The number of aryl methyl sites for hydroxylation is 1. The first-order valence-electron chi connectivity index (χ1n) is 5.51. The van der Waals surface area contributed by atoms with E-state index in [2.05, 4.69) is 6.92 Å². The summed E-state index contributed by atoms with van der Waals surface area (Å²) in [6.45, 7) is 4.17. The van der Waals surface area contributed by atoms with Gasteiger partial charge in [0, 0.05) is 5.56 Å². The van der Waals surface area contributed by atoms with Gasteiger partial charge in [0.1, 0.15) is 0 Å². The molecule has 1 rings (SSSR count). The molecule has 80 valence electrons. The monoisotopic (exact) mass is 202 g/mol. The molecule has 0 aliphatic carbocycles. The Kier molecular flexibility index (Phi) is 4.82. The van der Waals surface area contributed by atoms with Crippen LogP contribution in [0.4, 0.5) is 0 Å². The van der Waals surface area contributed by atoms with Crippen molar-refractivity contribution in [1.29, 1.82) is 0 Å². The first-order chi connectivity index (χ1) is 7.24. The molecule has 0 N–H and O–H groups in total. The Bertz CT molecular complexity index is 333. The second kappa shape index (κ2) is 6.18. The van der Waals surface area contributed by atoms with Crippen molar-refractivity contribution >= 4 is 5.78 Å². The maximum atomic E-state index is 11.6. The van der Waals surface area contributed by atoms with Crippen LogP contribution >= 0.6 is 0 Å². The van der Waals surface area contributed by atoms with Gasteiger partial charge < -0.3 is 0 Å². The van der Waals surface area contributed by atoms with Crippen molar-refractivity contribution in [3.8, 4) is 0 Å². The Morgan fingerprint density at radius 1 is 1.27 bits per heavy atom. The highest BCUT2D eigenvalue weighted by Crippen LogP contribution is 2.05. The van der Waals surface area contributed by atoms with E-state index in [-0.39, 0.29) is 5.78 Å². The maximum absolute atomic E-state index is 11.6. The number of unbranched alkanes of at least 4 members (excludes halogenated alkanes) is 2. The zero-order valence-corrected chi connectivity index (χ0v) is 9.49. The Balaban J connectivity index is 2.53. The fraction of sp³-hybridized carbons (Fsp3) is 0.357. The molecule has 15 heavy (non-hydrogen) atoms. The summed E-state index contributed by atoms with van der Waals surface area (Å²) in [4.78, 5) is 11.6. The average molecular weight is 202 g/mol. The number of hydrogen-bond donors (Lipinski definition) is 0. The second-order valence-electron chi connectivity index (χ2n) is 3.77. The first-order valence-corrected chi connectivity index (χ1v) is 5.51. The van der Waals surface area contributed by atoms with Crippen LogP contribution in [0.2, 0.25) is 0 Å². The van der Waals surface area contributed by atoms with Gasteiger partial charge in [0.05, 0.1) is 0 Å². The van der Waals surface area contributed by atoms with Crippen molar-refractivity contribution in [2.75, 3.05) is 0 Å². The molecular weight excluding hydrogens is 184 g/mol. The highest BCUT2D eigenvalue weighted by Gasteiger charge is 1.99. The van der Waals surface area contributed by atoms with Gasteiger partial charge in [0.2, 0.25) is 0 Å². The molecule has 0 atom stereocenters. The summed E-state index contributed by atoms with van der Waals surface area (Å²) in [5, 5.41) is 0. The molecule has 0 amide bonds. The lowest BCUT2D eigenvalue weighted by molar-refractivity contribution is 0.104. The van der Waals surface area contributed by atoms with Gasteiger partial charge in [0.15, 0.2) is 5.78 Å². The van der Waals surface area contributed by atoms with Crippen molar-refractivity contribution in [1.82, 2.24) is 0 Å². The summed E-state index contributed by atoms with van der Waals surface area (Å²) in [5.74, 6) is 0.103. The van der Waals surface area contributed by atoms with Crippen molar-refractivity contribution in [2.24, 2.45) is 0 Å². The SMILES string of the molecule is CCCCC=CC(=O)c1ccc(C)cc1. The summed E-state index contributed by atoms with van der Waals surface area (Å²) >= 11 is 0. The van der Waals surface area contributed by atoms with Crippen LogP contribution < -0.4 is 0 Å². The van der Waals surface area contributed by atoms with Gasteiger partial charge in [-0.05, 0) is 19.4 Å². The molecule has 0 saturated heterocycles. The van der Waals surface area contributed by atoms with Crippen molar-refractivity contribution in [3.05, 3.63) is 47.5 Å². The number of carbonyl (C=O) groups excluding carboxylic acids is 1. The summed E-state index contributed by atoms with van der Waals surface area (Å²) in [7, 11) is 0. The number of ketones is 1. The van der Waals surface area contributed by atoms with E-state index in [0.717, 1.165) is 18.4 Å². The van der Waals surface area contributed by atoms with Crippen molar-refractivity contribution in [3.63, 3.8) is 0 Å². The van der Waals surface area contributed by atoms with Crippen LogP contribution in [0.15, 0.2) is 36.4 Å². The molecule has 1 nitrogen and oxygen atoms in total. The molecule has 0 fully saturated rings. The molecule has 0 saturated carbocycles. The molecule has 0 radical (unpaired) electrons. The van der Waals surface area contributed by atoms with E-state index in [1.165, 1.54) is 12.0 Å². The van der Waals surface area contributed by atoms with Crippen molar-refractivity contribution < 1.29 is 4.79 Å². The molecule has 0 unspecified atom stereocenters. The van der Waals surface area contributed by atoms with E-state index in [0.29, 0.717) is 0 Å². The largest absolute Gasteiger partial charge is 0.289 e. The highest BCUT2D eigenvalue weighted by molar-refractivity contribution is 6.04. The number of benzene rings is 1. The van der Waals surface area contributed by atoms with Crippen LogP contribution in [0.25, 0.3) is 0 Å². The van der Waals surface area contributed by atoms with E-state index < -0.39 is 0 Å². The summed E-state index contributed by atoms with van der Waals surface area (Å²) in [6.07, 6.45) is 6.96. The highest BCUT2D eigenvalue weighted by atomic mass is 16.1. The molecular formula is C14H18O.